The van der Waals surface area contributed by atoms with Gasteiger partial charge in [-0.1, -0.05) is 18.2 Å². The monoisotopic (exact) mass is 265 g/mol. The summed E-state index contributed by atoms with van der Waals surface area (Å²) in [5.74, 6) is 0.920. The summed E-state index contributed by atoms with van der Waals surface area (Å²) in [6.07, 6.45) is 2.88. The molecular weight excluding hydrogens is 246 g/mol. The molecule has 0 fully saturated rings. The normalized spacial score (nSPS) is 10.9. The fraction of sp³-hybridized carbons (Fsp3) is 0.222. The van der Waals surface area contributed by atoms with Gasteiger partial charge in [-0.2, -0.15) is 0 Å². The Balaban J connectivity index is 1.62. The highest BCUT2D eigenvalue weighted by atomic mass is 16.5. The van der Waals surface area contributed by atoms with Crippen LogP contribution in [-0.4, -0.2) is 11.6 Å². The first kappa shape index (κ1) is 12.8. The maximum atomic E-state index is 5.84. The second kappa shape index (κ2) is 5.41. The summed E-state index contributed by atoms with van der Waals surface area (Å²) in [7, 11) is 0. The predicted molar refractivity (Wildman–Crippen MR) is 83.4 cm³/mol. The lowest BCUT2D eigenvalue weighted by molar-refractivity contribution is 0.322. The third kappa shape index (κ3) is 2.69. The molecule has 0 atom stereocenters. The highest BCUT2D eigenvalue weighted by molar-refractivity contribution is 5.80. The Kier molecular flexibility index (Phi) is 3.46. The van der Waals surface area contributed by atoms with Crippen molar-refractivity contribution in [2.45, 2.75) is 20.3 Å². The fourth-order valence-electron chi connectivity index (χ4n) is 2.36. The third-order valence-corrected chi connectivity index (χ3v) is 3.76. The summed E-state index contributed by atoms with van der Waals surface area (Å²) in [6.45, 7) is 4.99. The van der Waals surface area contributed by atoms with Gasteiger partial charge in [-0.05, 0) is 54.1 Å². The zero-order valence-corrected chi connectivity index (χ0v) is 11.9. The van der Waals surface area contributed by atoms with Gasteiger partial charge < -0.3 is 9.72 Å². The zero-order valence-electron chi connectivity index (χ0n) is 11.9. The van der Waals surface area contributed by atoms with E-state index in [4.69, 9.17) is 4.74 Å². The van der Waals surface area contributed by atoms with Gasteiger partial charge in [0.1, 0.15) is 5.75 Å². The van der Waals surface area contributed by atoms with Crippen LogP contribution in [0.5, 0.6) is 5.75 Å². The van der Waals surface area contributed by atoms with Gasteiger partial charge >= 0.3 is 0 Å². The molecule has 0 saturated heterocycles. The van der Waals surface area contributed by atoms with E-state index in [-0.39, 0.29) is 0 Å². The van der Waals surface area contributed by atoms with Crippen LogP contribution in [0.4, 0.5) is 0 Å². The molecule has 0 aliphatic carbocycles. The Hall–Kier alpha value is -2.22. The molecule has 0 aliphatic heterocycles. The van der Waals surface area contributed by atoms with E-state index < -0.39 is 0 Å². The first-order valence-electron chi connectivity index (χ1n) is 6.98. The van der Waals surface area contributed by atoms with E-state index >= 15 is 0 Å². The molecule has 0 aliphatic rings. The van der Waals surface area contributed by atoms with Crippen LogP contribution in [-0.2, 0) is 6.42 Å². The maximum Gasteiger partial charge on any atom is 0.121 e. The summed E-state index contributed by atoms with van der Waals surface area (Å²) in [6, 6.07) is 14.8. The molecule has 1 aromatic heterocycles. The van der Waals surface area contributed by atoms with Crippen molar-refractivity contribution < 1.29 is 4.74 Å². The van der Waals surface area contributed by atoms with Gasteiger partial charge in [-0.15, -0.1) is 0 Å². The lowest BCUT2D eigenvalue weighted by Crippen LogP contribution is -2.01. The van der Waals surface area contributed by atoms with E-state index in [0.29, 0.717) is 6.61 Å². The molecule has 0 bridgehead atoms. The first-order chi connectivity index (χ1) is 9.72. The lowest BCUT2D eigenvalue weighted by Gasteiger charge is -2.08. The van der Waals surface area contributed by atoms with Crippen LogP contribution in [0.3, 0.4) is 0 Å². The average molecular weight is 265 g/mol. The molecule has 20 heavy (non-hydrogen) atoms. The number of rotatable bonds is 4. The number of hydrogen-bond acceptors (Lipinski definition) is 1. The number of aromatic nitrogens is 1. The third-order valence-electron chi connectivity index (χ3n) is 3.76. The number of H-pyrrole nitrogens is 1. The molecule has 3 aromatic rings. The molecule has 2 heteroatoms. The molecule has 1 heterocycles. The summed E-state index contributed by atoms with van der Waals surface area (Å²) < 4.78 is 5.84. The Morgan fingerprint density at radius 2 is 1.85 bits per heavy atom. The fourth-order valence-corrected chi connectivity index (χ4v) is 2.36. The van der Waals surface area contributed by atoms with Gasteiger partial charge in [-0.25, -0.2) is 0 Å². The number of benzene rings is 2. The molecule has 3 rings (SSSR count). The van der Waals surface area contributed by atoms with Crippen molar-refractivity contribution in [3.05, 3.63) is 65.4 Å². The number of hydrogen-bond donors (Lipinski definition) is 1. The molecule has 0 radical (unpaired) electrons. The minimum atomic E-state index is 0.703. The van der Waals surface area contributed by atoms with Gasteiger partial charge in [0.2, 0.25) is 0 Å². The Labute approximate surface area is 119 Å². The second-order valence-electron chi connectivity index (χ2n) is 5.24. The largest absolute Gasteiger partial charge is 0.493 e. The Morgan fingerprint density at radius 3 is 2.70 bits per heavy atom. The topological polar surface area (TPSA) is 25.0 Å². The van der Waals surface area contributed by atoms with Crippen molar-refractivity contribution in [3.8, 4) is 5.75 Å². The molecule has 0 spiro atoms. The van der Waals surface area contributed by atoms with Gasteiger partial charge in [0.25, 0.3) is 0 Å². The SMILES string of the molecule is Cc1ccc(CCOc2ccc3cc[nH]c3c2)cc1C. The van der Waals surface area contributed by atoms with Gasteiger partial charge in [-0.3, -0.25) is 0 Å². The molecule has 0 unspecified atom stereocenters. The standard InChI is InChI=1S/C18H19NO/c1-13-3-4-15(11-14(13)2)8-10-20-17-6-5-16-7-9-19-18(16)12-17/h3-7,9,11-12,19H,8,10H2,1-2H3. The van der Waals surface area contributed by atoms with Crippen LogP contribution >= 0.6 is 0 Å². The van der Waals surface area contributed by atoms with Crippen molar-refractivity contribution >= 4 is 10.9 Å². The van der Waals surface area contributed by atoms with Crippen molar-refractivity contribution in [1.82, 2.24) is 4.98 Å². The minimum Gasteiger partial charge on any atom is -0.493 e. The second-order valence-corrected chi connectivity index (χ2v) is 5.24. The molecule has 0 saturated carbocycles. The minimum absolute atomic E-state index is 0.703. The van der Waals surface area contributed by atoms with Crippen LogP contribution in [0.15, 0.2) is 48.7 Å². The van der Waals surface area contributed by atoms with Crippen molar-refractivity contribution in [1.29, 1.82) is 0 Å². The first-order valence-corrected chi connectivity index (χ1v) is 6.98. The highest BCUT2D eigenvalue weighted by Crippen LogP contribution is 2.19. The Morgan fingerprint density at radius 1 is 0.950 bits per heavy atom. The van der Waals surface area contributed by atoms with Crippen molar-refractivity contribution in [3.63, 3.8) is 0 Å². The van der Waals surface area contributed by atoms with Crippen molar-refractivity contribution in [2.24, 2.45) is 0 Å². The maximum absolute atomic E-state index is 5.84. The van der Waals surface area contributed by atoms with Gasteiger partial charge in [0.15, 0.2) is 0 Å². The predicted octanol–water partition coefficient (Wildman–Crippen LogP) is 4.41. The molecule has 0 amide bonds. The Bertz CT molecular complexity index is 727. The average Bonchev–Trinajstić information content (AvgIpc) is 2.90. The number of nitrogens with one attached hydrogen (secondary N) is 1. The van der Waals surface area contributed by atoms with Crippen molar-refractivity contribution in [2.75, 3.05) is 6.61 Å². The van der Waals surface area contributed by atoms with Crippen LogP contribution in [0.1, 0.15) is 16.7 Å². The molecule has 102 valence electrons. The van der Waals surface area contributed by atoms with Gasteiger partial charge in [0, 0.05) is 24.2 Å². The molecule has 2 aromatic carbocycles. The van der Waals surface area contributed by atoms with Gasteiger partial charge in [0.05, 0.1) is 6.61 Å². The van der Waals surface area contributed by atoms with Crippen LogP contribution in [0, 0.1) is 13.8 Å². The summed E-state index contributed by atoms with van der Waals surface area (Å²) in [5.41, 5.74) is 5.13. The number of aryl methyl sites for hydroxylation is 2. The number of aromatic amines is 1. The van der Waals surface area contributed by atoms with E-state index in [1.165, 1.54) is 22.1 Å². The highest BCUT2D eigenvalue weighted by Gasteiger charge is 2.00. The van der Waals surface area contributed by atoms with Crippen LogP contribution in [0.25, 0.3) is 10.9 Å². The number of fused-ring (bicyclic) bond motifs is 1. The quantitative estimate of drug-likeness (QED) is 0.742. The van der Waals surface area contributed by atoms with Crippen LogP contribution in [0.2, 0.25) is 0 Å². The smallest absolute Gasteiger partial charge is 0.121 e. The molecule has 2 nitrogen and oxygen atoms in total. The molecule has 1 N–H and O–H groups in total. The van der Waals surface area contributed by atoms with E-state index in [1.807, 2.05) is 12.3 Å². The van der Waals surface area contributed by atoms with E-state index in [1.54, 1.807) is 0 Å². The van der Waals surface area contributed by atoms with E-state index in [0.717, 1.165) is 17.7 Å². The summed E-state index contributed by atoms with van der Waals surface area (Å²) in [5, 5.41) is 1.21. The lowest BCUT2D eigenvalue weighted by atomic mass is 10.0. The number of ether oxygens (including phenoxy) is 1. The van der Waals surface area contributed by atoms with E-state index in [2.05, 4.69) is 55.2 Å². The summed E-state index contributed by atoms with van der Waals surface area (Å²) >= 11 is 0. The zero-order chi connectivity index (χ0) is 13.9. The molecular formula is C18H19NO. The van der Waals surface area contributed by atoms with E-state index in [9.17, 15) is 0 Å². The van der Waals surface area contributed by atoms with Crippen LogP contribution < -0.4 is 4.74 Å². The summed E-state index contributed by atoms with van der Waals surface area (Å²) in [4.78, 5) is 3.20.